The average molecular weight is 490 g/mol. The first kappa shape index (κ1) is 23.1. The van der Waals surface area contributed by atoms with Crippen molar-refractivity contribution in [2.75, 3.05) is 18.0 Å². The largest absolute Gasteiger partial charge is 0.442 e. The second-order valence-electron chi connectivity index (χ2n) is 8.14. The van der Waals surface area contributed by atoms with Gasteiger partial charge in [-0.3, -0.25) is 14.3 Å². The highest BCUT2D eigenvalue weighted by atomic mass is 19.1. The summed E-state index contributed by atoms with van der Waals surface area (Å²) < 4.78 is 36.8. The molecular weight excluding hydrogens is 470 g/mol. The van der Waals surface area contributed by atoms with Crippen molar-refractivity contribution in [2.24, 2.45) is 0 Å². The van der Waals surface area contributed by atoms with E-state index in [2.05, 4.69) is 20.3 Å². The summed E-state index contributed by atoms with van der Waals surface area (Å²) in [7, 11) is 0. The number of rotatable bonds is 6. The van der Waals surface area contributed by atoms with Gasteiger partial charge in [0, 0.05) is 36.6 Å². The van der Waals surface area contributed by atoms with Crippen molar-refractivity contribution in [3.05, 3.63) is 79.0 Å². The van der Waals surface area contributed by atoms with Gasteiger partial charge in [-0.15, -0.1) is 0 Å². The van der Waals surface area contributed by atoms with Gasteiger partial charge in [-0.1, -0.05) is 30.3 Å². The number of ether oxygens (including phenoxy) is 1. The van der Waals surface area contributed by atoms with Crippen LogP contribution in [0.5, 0.6) is 0 Å². The van der Waals surface area contributed by atoms with Crippen molar-refractivity contribution >= 4 is 17.7 Å². The van der Waals surface area contributed by atoms with Crippen LogP contribution in [0.3, 0.4) is 0 Å². The maximum Gasteiger partial charge on any atom is 0.414 e. The normalized spacial score (nSPS) is 15.1. The van der Waals surface area contributed by atoms with E-state index in [-0.39, 0.29) is 41.8 Å². The molecule has 1 saturated heterocycles. The Balaban J connectivity index is 1.35. The third-order valence-corrected chi connectivity index (χ3v) is 5.60. The molecule has 9 nitrogen and oxygen atoms in total. The van der Waals surface area contributed by atoms with E-state index in [9.17, 15) is 18.4 Å². The Hall–Kier alpha value is -4.67. The molecule has 2 amide bonds. The van der Waals surface area contributed by atoms with E-state index >= 15 is 0 Å². The van der Waals surface area contributed by atoms with Gasteiger partial charge in [-0.25, -0.2) is 28.5 Å². The van der Waals surface area contributed by atoms with Crippen LogP contribution >= 0.6 is 0 Å². The molecule has 182 valence electrons. The van der Waals surface area contributed by atoms with E-state index in [1.165, 1.54) is 19.3 Å². The fourth-order valence-electron chi connectivity index (χ4n) is 3.86. The molecule has 0 aliphatic carbocycles. The number of hydrogen-bond donors (Lipinski definition) is 1. The molecule has 5 rings (SSSR count). The first-order chi connectivity index (χ1) is 17.4. The van der Waals surface area contributed by atoms with Gasteiger partial charge in [-0.05, 0) is 12.1 Å². The lowest BCUT2D eigenvalue weighted by Gasteiger charge is -2.15. The molecular formula is C25H20F2N6O3. The Labute approximate surface area is 204 Å². The van der Waals surface area contributed by atoms with Gasteiger partial charge >= 0.3 is 6.09 Å². The van der Waals surface area contributed by atoms with Crippen LogP contribution < -0.4 is 10.2 Å². The quantitative estimate of drug-likeness (QED) is 0.442. The number of amides is 2. The summed E-state index contributed by atoms with van der Waals surface area (Å²) in [6.07, 6.45) is 4.58. The van der Waals surface area contributed by atoms with E-state index in [4.69, 9.17) is 4.74 Å². The van der Waals surface area contributed by atoms with Crippen molar-refractivity contribution < 1.29 is 23.1 Å². The number of cyclic esters (lactones) is 1. The van der Waals surface area contributed by atoms with Gasteiger partial charge in [0.05, 0.1) is 30.0 Å². The van der Waals surface area contributed by atoms with E-state index < -0.39 is 23.8 Å². The Kier molecular flexibility index (Phi) is 6.11. The summed E-state index contributed by atoms with van der Waals surface area (Å²) in [5.41, 5.74) is 1.49. The highest BCUT2D eigenvalue weighted by Crippen LogP contribution is 2.31. The van der Waals surface area contributed by atoms with Crippen molar-refractivity contribution in [3.63, 3.8) is 0 Å². The molecule has 0 saturated carbocycles. The van der Waals surface area contributed by atoms with Crippen molar-refractivity contribution in [1.29, 1.82) is 0 Å². The van der Waals surface area contributed by atoms with Crippen LogP contribution in [0.1, 0.15) is 6.92 Å². The van der Waals surface area contributed by atoms with Gasteiger partial charge in [0.15, 0.2) is 0 Å². The molecule has 0 bridgehead atoms. The molecule has 11 heteroatoms. The number of aromatic nitrogens is 4. The third kappa shape index (κ3) is 4.63. The minimum Gasteiger partial charge on any atom is -0.442 e. The number of imidazole rings is 1. The zero-order chi connectivity index (χ0) is 25.2. The van der Waals surface area contributed by atoms with Gasteiger partial charge < -0.3 is 10.1 Å². The molecule has 0 radical (unpaired) electrons. The molecule has 1 aliphatic rings. The topological polar surface area (TPSA) is 102 Å². The molecule has 0 spiro atoms. The van der Waals surface area contributed by atoms with Crippen LogP contribution in [0, 0.1) is 11.6 Å². The maximum absolute atomic E-state index is 15.0. The monoisotopic (exact) mass is 490 g/mol. The first-order valence-corrected chi connectivity index (χ1v) is 11.0. The summed E-state index contributed by atoms with van der Waals surface area (Å²) in [4.78, 5) is 37.2. The van der Waals surface area contributed by atoms with Crippen molar-refractivity contribution in [1.82, 2.24) is 24.8 Å². The highest BCUT2D eigenvalue weighted by Gasteiger charge is 2.33. The van der Waals surface area contributed by atoms with Gasteiger partial charge in [0.1, 0.15) is 24.1 Å². The smallest absolute Gasteiger partial charge is 0.414 e. The molecule has 36 heavy (non-hydrogen) atoms. The van der Waals surface area contributed by atoms with Gasteiger partial charge in [-0.2, -0.15) is 0 Å². The summed E-state index contributed by atoms with van der Waals surface area (Å²) in [5.74, 6) is -1.75. The van der Waals surface area contributed by atoms with Crippen LogP contribution in [0.15, 0.2) is 67.4 Å². The number of hydrogen-bond acceptors (Lipinski definition) is 6. The van der Waals surface area contributed by atoms with Crippen molar-refractivity contribution in [2.45, 2.75) is 13.0 Å². The minimum atomic E-state index is -0.881. The van der Waals surface area contributed by atoms with E-state index in [1.807, 2.05) is 30.3 Å². The number of anilines is 1. The molecule has 1 atom stereocenters. The van der Waals surface area contributed by atoms with Crippen LogP contribution in [-0.2, 0) is 9.53 Å². The molecule has 0 unspecified atom stereocenters. The molecule has 3 heterocycles. The molecule has 4 aromatic rings. The standard InChI is InChI=1S/C25H20F2N6O3/c1-15(34)28-11-19-12-33(25(35)36-19)18-7-20(26)23(21(27)8-18)17-9-29-24(30-10-17)32-13-22(31-14-32)16-5-3-2-4-6-16/h2-10,13-14,19H,11-12H2,1H3,(H,28,34)/t19-/m0/s1. The Morgan fingerprint density at radius 3 is 2.44 bits per heavy atom. The summed E-state index contributed by atoms with van der Waals surface area (Å²) in [6.45, 7) is 1.49. The lowest BCUT2D eigenvalue weighted by Crippen LogP contribution is -2.33. The lowest BCUT2D eigenvalue weighted by atomic mass is 10.1. The Bertz CT molecular complexity index is 1400. The summed E-state index contributed by atoms with van der Waals surface area (Å²) in [6, 6.07) is 11.7. The fraction of sp³-hybridized carbons (Fsp3) is 0.160. The number of halogens is 2. The number of carbonyl (C=O) groups is 2. The number of carbonyl (C=O) groups excluding carboxylic acids is 2. The summed E-state index contributed by atoms with van der Waals surface area (Å²) >= 11 is 0. The Morgan fingerprint density at radius 1 is 1.08 bits per heavy atom. The van der Waals surface area contributed by atoms with Crippen LogP contribution in [0.4, 0.5) is 19.3 Å². The molecule has 2 aromatic carbocycles. The lowest BCUT2D eigenvalue weighted by molar-refractivity contribution is -0.119. The predicted molar refractivity (Wildman–Crippen MR) is 126 cm³/mol. The van der Waals surface area contributed by atoms with E-state index in [1.54, 1.807) is 17.1 Å². The predicted octanol–water partition coefficient (Wildman–Crippen LogP) is 3.74. The van der Waals surface area contributed by atoms with E-state index in [0.717, 1.165) is 28.3 Å². The third-order valence-electron chi connectivity index (χ3n) is 5.60. The van der Waals surface area contributed by atoms with Crippen LogP contribution in [-0.4, -0.2) is 50.7 Å². The molecule has 1 fully saturated rings. The van der Waals surface area contributed by atoms with Crippen LogP contribution in [0.2, 0.25) is 0 Å². The number of nitrogens with one attached hydrogen (secondary N) is 1. The zero-order valence-corrected chi connectivity index (χ0v) is 19.1. The summed E-state index contributed by atoms with van der Waals surface area (Å²) in [5, 5.41) is 2.55. The first-order valence-electron chi connectivity index (χ1n) is 11.0. The minimum absolute atomic E-state index is 0.00784. The maximum atomic E-state index is 15.0. The van der Waals surface area contributed by atoms with Gasteiger partial charge in [0.2, 0.25) is 11.9 Å². The Morgan fingerprint density at radius 2 is 1.78 bits per heavy atom. The van der Waals surface area contributed by atoms with E-state index in [0.29, 0.717) is 0 Å². The number of benzene rings is 2. The van der Waals surface area contributed by atoms with Crippen LogP contribution in [0.25, 0.3) is 28.3 Å². The average Bonchev–Trinajstić information content (AvgIpc) is 3.50. The van der Waals surface area contributed by atoms with Crippen molar-refractivity contribution in [3.8, 4) is 28.3 Å². The molecule has 2 aromatic heterocycles. The molecule has 1 N–H and O–H groups in total. The number of nitrogens with zero attached hydrogens (tertiary/aromatic N) is 5. The molecule has 1 aliphatic heterocycles. The fourth-order valence-corrected chi connectivity index (χ4v) is 3.86. The highest BCUT2D eigenvalue weighted by molar-refractivity contribution is 5.90. The second-order valence-corrected chi connectivity index (χ2v) is 8.14. The SMILES string of the molecule is CC(=O)NC[C@H]1CN(c2cc(F)c(-c3cnc(-n4cnc(-c5ccccc5)c4)nc3)c(F)c2)C(=O)O1. The zero-order valence-electron chi connectivity index (χ0n) is 19.1. The van der Waals surface area contributed by atoms with Gasteiger partial charge in [0.25, 0.3) is 0 Å². The second kappa shape index (κ2) is 9.53.